The molecule has 1 aromatic carbocycles. The van der Waals surface area contributed by atoms with Crippen LogP contribution in [-0.2, 0) is 0 Å². The lowest BCUT2D eigenvalue weighted by Gasteiger charge is -2.12. The molecule has 0 saturated heterocycles. The molecule has 0 aliphatic heterocycles. The fraction of sp³-hybridized carbons (Fsp3) is 0.154. The van der Waals surface area contributed by atoms with E-state index in [-0.39, 0.29) is 5.56 Å². The van der Waals surface area contributed by atoms with Gasteiger partial charge >= 0.3 is 0 Å². The van der Waals surface area contributed by atoms with Crippen LogP contribution in [0, 0.1) is 24.4 Å². The van der Waals surface area contributed by atoms with Crippen molar-refractivity contribution in [3.05, 3.63) is 64.7 Å². The number of halogens is 3. The van der Waals surface area contributed by atoms with Gasteiger partial charge in [0.15, 0.2) is 17.5 Å². The summed E-state index contributed by atoms with van der Waals surface area (Å²) in [4.78, 5) is 3.95. The molecule has 1 unspecified atom stereocenters. The van der Waals surface area contributed by atoms with Crippen LogP contribution in [0.5, 0.6) is 0 Å². The minimum atomic E-state index is -1.59. The van der Waals surface area contributed by atoms with E-state index >= 15 is 0 Å². The monoisotopic (exact) mass is 253 g/mol. The Morgan fingerprint density at radius 2 is 1.78 bits per heavy atom. The van der Waals surface area contributed by atoms with Crippen LogP contribution in [0.15, 0.2) is 30.5 Å². The molecule has 0 aliphatic carbocycles. The Kier molecular flexibility index (Phi) is 3.34. The molecule has 1 atom stereocenters. The first-order chi connectivity index (χ1) is 8.50. The predicted octanol–water partition coefficient (Wildman–Crippen LogP) is 2.89. The largest absolute Gasteiger partial charge is 0.383 e. The lowest BCUT2D eigenvalue weighted by Crippen LogP contribution is -2.06. The second-order valence-electron chi connectivity index (χ2n) is 3.90. The highest BCUT2D eigenvalue weighted by molar-refractivity contribution is 5.30. The molecule has 0 spiro atoms. The molecule has 2 rings (SSSR count). The fourth-order valence-electron chi connectivity index (χ4n) is 1.57. The van der Waals surface area contributed by atoms with Gasteiger partial charge in [-0.1, -0.05) is 12.1 Å². The number of rotatable bonds is 2. The van der Waals surface area contributed by atoms with Gasteiger partial charge < -0.3 is 5.11 Å². The van der Waals surface area contributed by atoms with Crippen molar-refractivity contribution in [3.8, 4) is 0 Å². The average molecular weight is 253 g/mol. The van der Waals surface area contributed by atoms with Gasteiger partial charge in [0.1, 0.15) is 6.10 Å². The highest BCUT2D eigenvalue weighted by Gasteiger charge is 2.20. The zero-order valence-electron chi connectivity index (χ0n) is 9.49. The van der Waals surface area contributed by atoms with E-state index in [0.29, 0.717) is 5.56 Å². The molecule has 1 aromatic heterocycles. The quantitative estimate of drug-likeness (QED) is 0.835. The molecule has 5 heteroatoms. The van der Waals surface area contributed by atoms with Gasteiger partial charge in [-0.2, -0.15) is 0 Å². The van der Waals surface area contributed by atoms with Crippen molar-refractivity contribution in [3.63, 3.8) is 0 Å². The molecule has 0 amide bonds. The summed E-state index contributed by atoms with van der Waals surface area (Å²) in [5.74, 6) is -4.26. The summed E-state index contributed by atoms with van der Waals surface area (Å²) in [7, 11) is 0. The first kappa shape index (κ1) is 12.6. The van der Waals surface area contributed by atoms with Gasteiger partial charge in [0.2, 0.25) is 0 Å². The number of benzene rings is 1. The maximum absolute atomic E-state index is 13.5. The van der Waals surface area contributed by atoms with E-state index in [2.05, 4.69) is 4.98 Å². The zero-order valence-corrected chi connectivity index (χ0v) is 9.49. The lowest BCUT2D eigenvalue weighted by atomic mass is 10.0. The summed E-state index contributed by atoms with van der Waals surface area (Å²) in [6.07, 6.45) is -0.0195. The van der Waals surface area contributed by atoms with E-state index in [9.17, 15) is 18.3 Å². The van der Waals surface area contributed by atoms with Crippen LogP contribution in [0.3, 0.4) is 0 Å². The Bertz CT molecular complexity index is 569. The van der Waals surface area contributed by atoms with Crippen LogP contribution in [0.1, 0.15) is 22.9 Å². The lowest BCUT2D eigenvalue weighted by molar-refractivity contribution is 0.212. The van der Waals surface area contributed by atoms with Crippen molar-refractivity contribution < 1.29 is 18.3 Å². The maximum Gasteiger partial charge on any atom is 0.194 e. The summed E-state index contributed by atoms with van der Waals surface area (Å²) in [5.41, 5.74) is 0.724. The normalized spacial score (nSPS) is 12.5. The molecule has 18 heavy (non-hydrogen) atoms. The topological polar surface area (TPSA) is 33.1 Å². The van der Waals surface area contributed by atoms with Gasteiger partial charge in [-0.3, -0.25) is 4.98 Å². The Morgan fingerprint density at radius 3 is 2.39 bits per heavy atom. The van der Waals surface area contributed by atoms with E-state index < -0.39 is 23.6 Å². The van der Waals surface area contributed by atoms with E-state index in [1.165, 1.54) is 6.20 Å². The standard InChI is InChI=1S/C13H10F3NO/c1-7-2-3-8(6-17-7)13(18)9-4-5-10(14)12(16)11(9)15/h2-6,13,18H,1H3. The van der Waals surface area contributed by atoms with Gasteiger partial charge in [-0.05, 0) is 19.1 Å². The van der Waals surface area contributed by atoms with Crippen molar-refractivity contribution in [1.29, 1.82) is 0 Å². The van der Waals surface area contributed by atoms with Crippen molar-refractivity contribution in [2.75, 3.05) is 0 Å². The smallest absolute Gasteiger partial charge is 0.194 e. The number of aliphatic hydroxyl groups excluding tert-OH is 1. The number of aromatic nitrogens is 1. The van der Waals surface area contributed by atoms with Crippen molar-refractivity contribution >= 4 is 0 Å². The number of nitrogens with zero attached hydrogens (tertiary/aromatic N) is 1. The van der Waals surface area contributed by atoms with Crippen LogP contribution in [0.25, 0.3) is 0 Å². The Morgan fingerprint density at radius 1 is 1.06 bits per heavy atom. The molecule has 1 N–H and O–H groups in total. The van der Waals surface area contributed by atoms with E-state index in [0.717, 1.165) is 17.8 Å². The molecule has 0 fully saturated rings. The first-order valence-corrected chi connectivity index (χ1v) is 5.24. The van der Waals surface area contributed by atoms with Crippen molar-refractivity contribution in [2.45, 2.75) is 13.0 Å². The van der Waals surface area contributed by atoms with Crippen LogP contribution >= 0.6 is 0 Å². The van der Waals surface area contributed by atoms with Gasteiger partial charge in [-0.15, -0.1) is 0 Å². The minimum absolute atomic E-state index is 0.311. The van der Waals surface area contributed by atoms with E-state index in [1.54, 1.807) is 19.1 Å². The first-order valence-electron chi connectivity index (χ1n) is 5.24. The molecule has 2 aromatic rings. The summed E-state index contributed by atoms with van der Waals surface area (Å²) < 4.78 is 39.3. The number of hydrogen-bond donors (Lipinski definition) is 1. The van der Waals surface area contributed by atoms with E-state index in [4.69, 9.17) is 0 Å². The van der Waals surface area contributed by atoms with Gasteiger partial charge in [0.05, 0.1) is 0 Å². The van der Waals surface area contributed by atoms with Crippen molar-refractivity contribution in [1.82, 2.24) is 4.98 Å². The molecule has 0 bridgehead atoms. The molecule has 2 nitrogen and oxygen atoms in total. The Balaban J connectivity index is 2.43. The van der Waals surface area contributed by atoms with Gasteiger partial charge in [0.25, 0.3) is 0 Å². The highest BCUT2D eigenvalue weighted by Crippen LogP contribution is 2.26. The molecular weight excluding hydrogens is 243 g/mol. The summed E-state index contributed by atoms with van der Waals surface area (Å²) in [6.45, 7) is 1.76. The summed E-state index contributed by atoms with van der Waals surface area (Å²) in [6, 6.07) is 4.97. The summed E-state index contributed by atoms with van der Waals surface area (Å²) in [5, 5.41) is 9.91. The number of aryl methyl sites for hydroxylation is 1. The zero-order chi connectivity index (χ0) is 13.3. The molecule has 0 aliphatic rings. The maximum atomic E-state index is 13.5. The van der Waals surface area contributed by atoms with Gasteiger partial charge in [-0.25, -0.2) is 13.2 Å². The fourth-order valence-corrected chi connectivity index (χ4v) is 1.57. The molecule has 0 radical (unpaired) electrons. The van der Waals surface area contributed by atoms with Crippen LogP contribution in [-0.4, -0.2) is 10.1 Å². The number of pyridine rings is 1. The molecular formula is C13H10F3NO. The highest BCUT2D eigenvalue weighted by atomic mass is 19.2. The Hall–Kier alpha value is -1.88. The number of hydrogen-bond acceptors (Lipinski definition) is 2. The SMILES string of the molecule is Cc1ccc(C(O)c2ccc(F)c(F)c2F)cn1. The van der Waals surface area contributed by atoms with E-state index in [1.807, 2.05) is 0 Å². The van der Waals surface area contributed by atoms with Gasteiger partial charge in [0, 0.05) is 23.0 Å². The van der Waals surface area contributed by atoms with Crippen molar-refractivity contribution in [2.24, 2.45) is 0 Å². The van der Waals surface area contributed by atoms with Crippen LogP contribution in [0.2, 0.25) is 0 Å². The number of aliphatic hydroxyl groups is 1. The summed E-state index contributed by atoms with van der Waals surface area (Å²) >= 11 is 0. The third kappa shape index (κ3) is 2.22. The molecule has 1 heterocycles. The third-order valence-electron chi connectivity index (χ3n) is 2.61. The third-order valence-corrected chi connectivity index (χ3v) is 2.61. The van der Waals surface area contributed by atoms with Crippen LogP contribution in [0.4, 0.5) is 13.2 Å². The Labute approximate surface area is 102 Å². The minimum Gasteiger partial charge on any atom is -0.383 e. The second kappa shape index (κ2) is 4.78. The predicted molar refractivity (Wildman–Crippen MR) is 59.4 cm³/mol. The van der Waals surface area contributed by atoms with Crippen LogP contribution < -0.4 is 0 Å². The average Bonchev–Trinajstić information content (AvgIpc) is 2.36. The molecule has 0 saturated carbocycles. The molecule has 94 valence electrons. The second-order valence-corrected chi connectivity index (χ2v) is 3.90.